The number of hydrogen-bond donors (Lipinski definition) is 1. The predicted octanol–water partition coefficient (Wildman–Crippen LogP) is 1.17. The van der Waals surface area contributed by atoms with Crippen LogP contribution in [0.4, 0.5) is 0 Å². The van der Waals surface area contributed by atoms with Gasteiger partial charge in [0, 0.05) is 20.1 Å². The Balaban J connectivity index is 2.05. The number of benzene rings is 1. The average Bonchev–Trinajstić information content (AvgIpc) is 2.86. The van der Waals surface area contributed by atoms with Crippen LogP contribution in [-0.4, -0.2) is 28.5 Å². The first-order valence-corrected chi connectivity index (χ1v) is 6.49. The van der Waals surface area contributed by atoms with E-state index in [1.807, 2.05) is 6.07 Å². The molecule has 0 atom stereocenters. The molecule has 1 aromatic heterocycles. The number of ether oxygens (including phenoxy) is 1. The fourth-order valence-electron chi connectivity index (χ4n) is 2.05. The van der Waals surface area contributed by atoms with E-state index in [2.05, 4.69) is 39.0 Å². The van der Waals surface area contributed by atoms with E-state index in [9.17, 15) is 0 Å². The summed E-state index contributed by atoms with van der Waals surface area (Å²) in [5, 5.41) is 8.36. The maximum atomic E-state index is 5.68. The van der Waals surface area contributed by atoms with Gasteiger partial charge in [0.1, 0.15) is 11.6 Å². The molecule has 2 rings (SSSR count). The maximum absolute atomic E-state index is 5.68. The van der Waals surface area contributed by atoms with Gasteiger partial charge in [-0.2, -0.15) is 0 Å². The number of aryl methyl sites for hydroxylation is 2. The number of nitrogens with two attached hydrogens (primary N) is 1. The van der Waals surface area contributed by atoms with Crippen molar-refractivity contribution in [3.05, 3.63) is 47.5 Å². The van der Waals surface area contributed by atoms with E-state index in [4.69, 9.17) is 10.5 Å². The van der Waals surface area contributed by atoms with Gasteiger partial charge in [0.25, 0.3) is 0 Å². The van der Waals surface area contributed by atoms with Gasteiger partial charge < -0.3 is 15.0 Å². The van der Waals surface area contributed by atoms with Crippen LogP contribution in [0.15, 0.2) is 30.3 Å². The number of rotatable bonds is 7. The lowest BCUT2D eigenvalue weighted by Crippen LogP contribution is -2.14. The first kappa shape index (κ1) is 13.7. The first-order chi connectivity index (χ1) is 9.35. The molecule has 19 heavy (non-hydrogen) atoms. The molecule has 2 aromatic rings. The Morgan fingerprint density at radius 3 is 2.53 bits per heavy atom. The summed E-state index contributed by atoms with van der Waals surface area (Å²) in [5.41, 5.74) is 6.98. The Labute approximate surface area is 113 Å². The third kappa shape index (κ3) is 3.62. The first-order valence-electron chi connectivity index (χ1n) is 6.49. The van der Waals surface area contributed by atoms with Crippen molar-refractivity contribution in [1.29, 1.82) is 0 Å². The van der Waals surface area contributed by atoms with E-state index in [1.165, 1.54) is 5.56 Å². The third-order valence-electron chi connectivity index (χ3n) is 3.09. The van der Waals surface area contributed by atoms with Crippen LogP contribution in [0.25, 0.3) is 0 Å². The molecule has 0 aliphatic rings. The van der Waals surface area contributed by atoms with Gasteiger partial charge in [0.15, 0.2) is 0 Å². The number of methoxy groups -OCH3 is 1. The molecule has 0 bridgehead atoms. The summed E-state index contributed by atoms with van der Waals surface area (Å²) in [4.78, 5) is 0. The molecule has 0 saturated carbocycles. The van der Waals surface area contributed by atoms with Crippen LogP contribution in [-0.2, 0) is 30.7 Å². The zero-order valence-electron chi connectivity index (χ0n) is 11.2. The van der Waals surface area contributed by atoms with Gasteiger partial charge in [-0.15, -0.1) is 10.2 Å². The molecule has 5 nitrogen and oxygen atoms in total. The van der Waals surface area contributed by atoms with Crippen LogP contribution in [0.3, 0.4) is 0 Å². The molecular formula is C14H20N4O. The van der Waals surface area contributed by atoms with Gasteiger partial charge >= 0.3 is 0 Å². The average molecular weight is 260 g/mol. The van der Waals surface area contributed by atoms with Crippen LogP contribution in [0.1, 0.15) is 17.2 Å². The molecule has 0 saturated heterocycles. The van der Waals surface area contributed by atoms with E-state index >= 15 is 0 Å². The second-order valence-corrected chi connectivity index (χ2v) is 4.37. The molecule has 0 aliphatic heterocycles. The van der Waals surface area contributed by atoms with Crippen molar-refractivity contribution in [3.63, 3.8) is 0 Å². The van der Waals surface area contributed by atoms with Crippen molar-refractivity contribution in [3.8, 4) is 0 Å². The van der Waals surface area contributed by atoms with Gasteiger partial charge in [0.2, 0.25) is 0 Å². The van der Waals surface area contributed by atoms with Crippen LogP contribution < -0.4 is 5.73 Å². The quantitative estimate of drug-likeness (QED) is 0.811. The second-order valence-electron chi connectivity index (χ2n) is 4.37. The molecule has 1 heterocycles. The van der Waals surface area contributed by atoms with E-state index in [0.29, 0.717) is 13.2 Å². The van der Waals surface area contributed by atoms with E-state index < -0.39 is 0 Å². The Morgan fingerprint density at radius 2 is 1.84 bits per heavy atom. The molecule has 0 radical (unpaired) electrons. The van der Waals surface area contributed by atoms with E-state index in [-0.39, 0.29) is 0 Å². The van der Waals surface area contributed by atoms with Gasteiger partial charge in [-0.3, -0.25) is 0 Å². The zero-order valence-corrected chi connectivity index (χ0v) is 11.2. The van der Waals surface area contributed by atoms with Crippen LogP contribution in [0.2, 0.25) is 0 Å². The lowest BCUT2D eigenvalue weighted by Gasteiger charge is -2.08. The van der Waals surface area contributed by atoms with Crippen molar-refractivity contribution in [2.24, 2.45) is 5.73 Å². The van der Waals surface area contributed by atoms with Gasteiger partial charge in [-0.25, -0.2) is 0 Å². The molecule has 2 N–H and O–H groups in total. The minimum atomic E-state index is 0.405. The highest BCUT2D eigenvalue weighted by atomic mass is 16.5. The lowest BCUT2D eigenvalue weighted by atomic mass is 10.1. The SMILES string of the molecule is COCCn1c(CN)nnc1CCc1ccccc1. The normalized spacial score (nSPS) is 10.8. The molecular weight excluding hydrogens is 240 g/mol. The molecule has 5 heteroatoms. The minimum absolute atomic E-state index is 0.405. The fourth-order valence-corrected chi connectivity index (χ4v) is 2.05. The highest BCUT2D eigenvalue weighted by molar-refractivity contribution is 5.15. The van der Waals surface area contributed by atoms with E-state index in [0.717, 1.165) is 31.0 Å². The van der Waals surface area contributed by atoms with Crippen molar-refractivity contribution in [2.75, 3.05) is 13.7 Å². The molecule has 0 fully saturated rings. The smallest absolute Gasteiger partial charge is 0.146 e. The van der Waals surface area contributed by atoms with Crippen molar-refractivity contribution < 1.29 is 4.74 Å². The van der Waals surface area contributed by atoms with Crippen LogP contribution in [0.5, 0.6) is 0 Å². The summed E-state index contributed by atoms with van der Waals surface area (Å²) in [6.45, 7) is 1.80. The summed E-state index contributed by atoms with van der Waals surface area (Å²) >= 11 is 0. The lowest BCUT2D eigenvalue weighted by molar-refractivity contribution is 0.185. The molecule has 1 aromatic carbocycles. The maximum Gasteiger partial charge on any atom is 0.146 e. The Morgan fingerprint density at radius 1 is 1.11 bits per heavy atom. The van der Waals surface area contributed by atoms with Gasteiger partial charge in [-0.1, -0.05) is 30.3 Å². The van der Waals surface area contributed by atoms with Crippen molar-refractivity contribution >= 4 is 0 Å². The second kappa shape index (κ2) is 7.01. The van der Waals surface area contributed by atoms with Crippen LogP contribution in [0, 0.1) is 0 Å². The highest BCUT2D eigenvalue weighted by Gasteiger charge is 2.10. The number of hydrogen-bond acceptors (Lipinski definition) is 4. The summed E-state index contributed by atoms with van der Waals surface area (Å²) in [6, 6.07) is 10.4. The third-order valence-corrected chi connectivity index (χ3v) is 3.09. The summed E-state index contributed by atoms with van der Waals surface area (Å²) in [5.74, 6) is 1.79. The van der Waals surface area contributed by atoms with E-state index in [1.54, 1.807) is 7.11 Å². The Hall–Kier alpha value is -1.72. The largest absolute Gasteiger partial charge is 0.383 e. The monoisotopic (exact) mass is 260 g/mol. The molecule has 0 spiro atoms. The molecule has 0 unspecified atom stereocenters. The van der Waals surface area contributed by atoms with Gasteiger partial charge in [-0.05, 0) is 12.0 Å². The van der Waals surface area contributed by atoms with Crippen LogP contribution >= 0.6 is 0 Å². The fraction of sp³-hybridized carbons (Fsp3) is 0.429. The van der Waals surface area contributed by atoms with Gasteiger partial charge in [0.05, 0.1) is 13.2 Å². The predicted molar refractivity (Wildman–Crippen MR) is 73.6 cm³/mol. The highest BCUT2D eigenvalue weighted by Crippen LogP contribution is 2.08. The Kier molecular flexibility index (Phi) is 5.06. The summed E-state index contributed by atoms with van der Waals surface area (Å²) in [6.07, 6.45) is 1.82. The molecule has 0 amide bonds. The zero-order chi connectivity index (χ0) is 13.5. The number of nitrogens with zero attached hydrogens (tertiary/aromatic N) is 3. The standard InChI is InChI=1S/C14H20N4O/c1-19-10-9-18-13(16-17-14(18)11-15)8-7-12-5-3-2-4-6-12/h2-6H,7-11,15H2,1H3. The Bertz CT molecular complexity index is 495. The van der Waals surface area contributed by atoms with Crippen molar-refractivity contribution in [1.82, 2.24) is 14.8 Å². The molecule has 102 valence electrons. The molecule has 0 aliphatic carbocycles. The minimum Gasteiger partial charge on any atom is -0.383 e. The summed E-state index contributed by atoms with van der Waals surface area (Å²) < 4.78 is 7.18. The topological polar surface area (TPSA) is 66.0 Å². The summed E-state index contributed by atoms with van der Waals surface area (Å²) in [7, 11) is 1.69. The van der Waals surface area contributed by atoms with Crippen molar-refractivity contribution in [2.45, 2.75) is 25.9 Å². The number of aromatic nitrogens is 3.